The summed E-state index contributed by atoms with van der Waals surface area (Å²) in [5.74, 6) is 1.58. The average Bonchev–Trinajstić information content (AvgIpc) is 3.31. The smallest absolute Gasteiger partial charge is 0.142 e. The van der Waals surface area contributed by atoms with Crippen molar-refractivity contribution in [3.63, 3.8) is 0 Å². The highest BCUT2D eigenvalue weighted by molar-refractivity contribution is 5.60. The molecule has 0 amide bonds. The number of rotatable bonds is 4. The quantitative estimate of drug-likeness (QED) is 0.785. The Labute approximate surface area is 122 Å². The Morgan fingerprint density at radius 2 is 1.80 bits per heavy atom. The largest absolute Gasteiger partial charge is 0.495 e. The van der Waals surface area contributed by atoms with Crippen molar-refractivity contribution in [1.29, 1.82) is 0 Å². The number of piperidine rings is 1. The average molecular weight is 274 g/mol. The lowest BCUT2D eigenvalue weighted by atomic mass is 10.0. The van der Waals surface area contributed by atoms with Crippen molar-refractivity contribution >= 4 is 5.69 Å². The molecule has 110 valence electrons. The molecule has 0 N–H and O–H groups in total. The third-order valence-electron chi connectivity index (χ3n) is 4.67. The molecule has 2 aliphatic heterocycles. The highest BCUT2D eigenvalue weighted by atomic mass is 16.5. The second-order valence-electron chi connectivity index (χ2n) is 6.34. The van der Waals surface area contributed by atoms with Gasteiger partial charge in [0.2, 0.25) is 0 Å². The van der Waals surface area contributed by atoms with Crippen molar-refractivity contribution in [2.45, 2.75) is 38.6 Å². The van der Waals surface area contributed by atoms with Gasteiger partial charge in [-0.2, -0.15) is 0 Å². The lowest BCUT2D eigenvalue weighted by Crippen LogP contribution is -2.39. The standard InChI is InChI=1S/C17H26N2O/c1-13(2)14-4-5-16(17(12-14)20-3)19-8-6-15(7-9-19)18-10-11-18/h4-5,12-13,15H,6-11H2,1-3H3. The lowest BCUT2D eigenvalue weighted by molar-refractivity contribution is 0.328. The van der Waals surface area contributed by atoms with Crippen LogP contribution in [0.1, 0.15) is 38.2 Å². The number of ether oxygens (including phenoxy) is 1. The van der Waals surface area contributed by atoms with Gasteiger partial charge < -0.3 is 9.64 Å². The van der Waals surface area contributed by atoms with Gasteiger partial charge in [0.15, 0.2) is 0 Å². The van der Waals surface area contributed by atoms with Crippen LogP contribution in [0.25, 0.3) is 0 Å². The van der Waals surface area contributed by atoms with E-state index in [0.717, 1.165) is 24.9 Å². The minimum atomic E-state index is 0.548. The molecule has 0 unspecified atom stereocenters. The highest BCUT2D eigenvalue weighted by Crippen LogP contribution is 2.34. The van der Waals surface area contributed by atoms with Crippen LogP contribution in [-0.4, -0.2) is 44.2 Å². The summed E-state index contributed by atoms with van der Waals surface area (Å²) in [5.41, 5.74) is 2.62. The van der Waals surface area contributed by atoms with Crippen LogP contribution in [0.2, 0.25) is 0 Å². The van der Waals surface area contributed by atoms with Gasteiger partial charge in [-0.15, -0.1) is 0 Å². The van der Waals surface area contributed by atoms with Gasteiger partial charge in [-0.1, -0.05) is 19.9 Å². The molecule has 2 aliphatic rings. The first-order valence-corrected chi connectivity index (χ1v) is 7.86. The van der Waals surface area contributed by atoms with E-state index in [0.29, 0.717) is 5.92 Å². The molecule has 3 rings (SSSR count). The Kier molecular flexibility index (Phi) is 3.88. The molecule has 0 saturated carbocycles. The predicted molar refractivity (Wildman–Crippen MR) is 83.9 cm³/mol. The van der Waals surface area contributed by atoms with Gasteiger partial charge in [-0.3, -0.25) is 4.90 Å². The number of anilines is 1. The van der Waals surface area contributed by atoms with E-state index in [1.807, 2.05) is 0 Å². The third kappa shape index (κ3) is 2.78. The highest BCUT2D eigenvalue weighted by Gasteiger charge is 2.31. The first-order chi connectivity index (χ1) is 9.69. The molecule has 2 fully saturated rings. The van der Waals surface area contributed by atoms with Crippen molar-refractivity contribution < 1.29 is 4.74 Å². The van der Waals surface area contributed by atoms with E-state index >= 15 is 0 Å². The topological polar surface area (TPSA) is 15.5 Å². The molecule has 3 heteroatoms. The van der Waals surface area contributed by atoms with Gasteiger partial charge in [-0.05, 0) is 36.5 Å². The summed E-state index contributed by atoms with van der Waals surface area (Å²) >= 11 is 0. The van der Waals surface area contributed by atoms with Gasteiger partial charge in [-0.25, -0.2) is 0 Å². The van der Waals surface area contributed by atoms with E-state index in [-0.39, 0.29) is 0 Å². The zero-order valence-electron chi connectivity index (χ0n) is 12.9. The summed E-state index contributed by atoms with van der Waals surface area (Å²) < 4.78 is 5.62. The van der Waals surface area contributed by atoms with Crippen LogP contribution in [0.3, 0.4) is 0 Å². The SMILES string of the molecule is COc1cc(C(C)C)ccc1N1CCC(N2CC2)CC1. The summed E-state index contributed by atoms with van der Waals surface area (Å²) in [6.45, 7) is 9.39. The van der Waals surface area contributed by atoms with Crippen LogP contribution < -0.4 is 9.64 Å². The summed E-state index contributed by atoms with van der Waals surface area (Å²) in [6.07, 6.45) is 2.57. The Morgan fingerprint density at radius 1 is 1.10 bits per heavy atom. The van der Waals surface area contributed by atoms with Crippen molar-refractivity contribution in [3.05, 3.63) is 23.8 Å². The fourth-order valence-corrected chi connectivity index (χ4v) is 3.21. The van der Waals surface area contributed by atoms with E-state index in [1.54, 1.807) is 7.11 Å². The number of benzene rings is 1. The molecular formula is C17H26N2O. The zero-order chi connectivity index (χ0) is 14.1. The van der Waals surface area contributed by atoms with Crippen LogP contribution in [0.5, 0.6) is 5.75 Å². The summed E-state index contributed by atoms with van der Waals surface area (Å²) in [5, 5.41) is 0. The summed E-state index contributed by atoms with van der Waals surface area (Å²) in [7, 11) is 1.78. The minimum absolute atomic E-state index is 0.548. The van der Waals surface area contributed by atoms with Crippen molar-refractivity contribution in [1.82, 2.24) is 4.90 Å². The Morgan fingerprint density at radius 3 is 2.35 bits per heavy atom. The first kappa shape index (κ1) is 13.7. The van der Waals surface area contributed by atoms with E-state index in [2.05, 4.69) is 41.8 Å². The van der Waals surface area contributed by atoms with Crippen molar-refractivity contribution in [2.75, 3.05) is 38.2 Å². The lowest BCUT2D eigenvalue weighted by Gasteiger charge is -2.35. The fourth-order valence-electron chi connectivity index (χ4n) is 3.21. The van der Waals surface area contributed by atoms with E-state index in [9.17, 15) is 0 Å². The van der Waals surface area contributed by atoms with Crippen LogP contribution in [0.4, 0.5) is 5.69 Å². The van der Waals surface area contributed by atoms with Gasteiger partial charge in [0.25, 0.3) is 0 Å². The minimum Gasteiger partial charge on any atom is -0.495 e. The Balaban J connectivity index is 1.73. The van der Waals surface area contributed by atoms with Gasteiger partial charge >= 0.3 is 0 Å². The Bertz CT molecular complexity index is 460. The molecule has 0 atom stereocenters. The van der Waals surface area contributed by atoms with E-state index in [4.69, 9.17) is 4.74 Å². The molecule has 0 spiro atoms. The number of nitrogens with zero attached hydrogens (tertiary/aromatic N) is 2. The zero-order valence-corrected chi connectivity index (χ0v) is 12.9. The van der Waals surface area contributed by atoms with Crippen LogP contribution >= 0.6 is 0 Å². The van der Waals surface area contributed by atoms with Crippen LogP contribution in [-0.2, 0) is 0 Å². The van der Waals surface area contributed by atoms with Crippen LogP contribution in [0.15, 0.2) is 18.2 Å². The second-order valence-corrected chi connectivity index (χ2v) is 6.34. The molecule has 0 radical (unpaired) electrons. The van der Waals surface area contributed by atoms with Crippen molar-refractivity contribution in [3.8, 4) is 5.75 Å². The summed E-state index contributed by atoms with van der Waals surface area (Å²) in [6, 6.07) is 7.52. The third-order valence-corrected chi connectivity index (χ3v) is 4.67. The fraction of sp³-hybridized carbons (Fsp3) is 0.647. The molecule has 2 heterocycles. The monoisotopic (exact) mass is 274 g/mol. The molecule has 1 aromatic carbocycles. The molecule has 0 aromatic heterocycles. The van der Waals surface area contributed by atoms with Gasteiger partial charge in [0.1, 0.15) is 5.75 Å². The van der Waals surface area contributed by atoms with E-state index in [1.165, 1.54) is 37.2 Å². The molecule has 1 aromatic rings. The summed E-state index contributed by atoms with van der Waals surface area (Å²) in [4.78, 5) is 5.08. The van der Waals surface area contributed by atoms with Crippen LogP contribution in [0, 0.1) is 0 Å². The van der Waals surface area contributed by atoms with E-state index < -0.39 is 0 Å². The van der Waals surface area contributed by atoms with Gasteiger partial charge in [0.05, 0.1) is 12.8 Å². The normalized spacial score (nSPS) is 20.5. The molecule has 2 saturated heterocycles. The molecular weight excluding hydrogens is 248 g/mol. The maximum atomic E-state index is 5.62. The Hall–Kier alpha value is -1.22. The van der Waals surface area contributed by atoms with Crippen molar-refractivity contribution in [2.24, 2.45) is 0 Å². The number of hydrogen-bond donors (Lipinski definition) is 0. The molecule has 0 aliphatic carbocycles. The molecule has 0 bridgehead atoms. The maximum Gasteiger partial charge on any atom is 0.142 e. The number of methoxy groups -OCH3 is 1. The number of hydrogen-bond acceptors (Lipinski definition) is 3. The predicted octanol–water partition coefficient (Wildman–Crippen LogP) is 3.10. The van der Waals surface area contributed by atoms with Gasteiger partial charge in [0, 0.05) is 32.2 Å². The molecule has 20 heavy (non-hydrogen) atoms. The molecule has 3 nitrogen and oxygen atoms in total. The maximum absolute atomic E-state index is 5.62. The second kappa shape index (κ2) is 5.65. The first-order valence-electron chi connectivity index (χ1n) is 7.86.